The van der Waals surface area contributed by atoms with E-state index in [-0.39, 0.29) is 16.3 Å². The Morgan fingerprint density at radius 1 is 1.44 bits per heavy atom. The largest absolute Gasteiger partial charge is 0.507 e. The van der Waals surface area contributed by atoms with Crippen molar-refractivity contribution in [2.24, 2.45) is 5.73 Å². The third kappa shape index (κ3) is 3.28. The average molecular weight is 254 g/mol. The standard InChI is InChI=1S/C10H11ClF3NO/c1-5-2-6(11)3-7(9(5)16)8(15)4-10(12,13)14/h2-3,8,16H,4,15H2,1H3/t8-/m1/s1. The van der Waals surface area contributed by atoms with Gasteiger partial charge in [0, 0.05) is 16.6 Å². The van der Waals surface area contributed by atoms with Gasteiger partial charge in [-0.3, -0.25) is 0 Å². The van der Waals surface area contributed by atoms with E-state index in [4.69, 9.17) is 17.3 Å². The van der Waals surface area contributed by atoms with E-state index in [2.05, 4.69) is 0 Å². The summed E-state index contributed by atoms with van der Waals surface area (Å²) in [7, 11) is 0. The summed E-state index contributed by atoms with van der Waals surface area (Å²) in [6, 6.07) is 1.40. The van der Waals surface area contributed by atoms with Crippen molar-refractivity contribution >= 4 is 11.6 Å². The third-order valence-electron chi connectivity index (χ3n) is 2.15. The van der Waals surface area contributed by atoms with E-state index in [1.807, 2.05) is 0 Å². The molecule has 16 heavy (non-hydrogen) atoms. The van der Waals surface area contributed by atoms with Crippen LogP contribution in [0.5, 0.6) is 5.75 Å². The molecule has 1 aromatic carbocycles. The number of phenolic OH excluding ortho intramolecular Hbond substituents is 1. The summed E-state index contributed by atoms with van der Waals surface area (Å²) in [5.41, 5.74) is 5.80. The second kappa shape index (κ2) is 4.51. The molecule has 1 aromatic rings. The van der Waals surface area contributed by atoms with Crippen molar-refractivity contribution in [1.82, 2.24) is 0 Å². The zero-order valence-electron chi connectivity index (χ0n) is 8.48. The van der Waals surface area contributed by atoms with E-state index in [9.17, 15) is 18.3 Å². The Kier molecular flexibility index (Phi) is 3.70. The fraction of sp³-hybridized carbons (Fsp3) is 0.400. The molecule has 6 heteroatoms. The van der Waals surface area contributed by atoms with Crippen LogP contribution in [-0.2, 0) is 0 Å². The Labute approximate surface area is 95.8 Å². The lowest BCUT2D eigenvalue weighted by Gasteiger charge is -2.17. The molecule has 1 atom stereocenters. The summed E-state index contributed by atoms with van der Waals surface area (Å²) in [4.78, 5) is 0. The van der Waals surface area contributed by atoms with Crippen LogP contribution in [0.15, 0.2) is 12.1 Å². The molecular formula is C10H11ClF3NO. The quantitative estimate of drug-likeness (QED) is 0.849. The zero-order chi connectivity index (χ0) is 12.5. The van der Waals surface area contributed by atoms with Crippen LogP contribution >= 0.6 is 11.6 Å². The molecule has 0 saturated heterocycles. The molecule has 0 bridgehead atoms. The Morgan fingerprint density at radius 2 is 2.00 bits per heavy atom. The summed E-state index contributed by atoms with van der Waals surface area (Å²) in [6.45, 7) is 1.55. The predicted octanol–water partition coefficient (Wildman–Crippen LogP) is 3.31. The minimum Gasteiger partial charge on any atom is -0.507 e. The number of alkyl halides is 3. The van der Waals surface area contributed by atoms with Crippen LogP contribution in [0.2, 0.25) is 5.02 Å². The van der Waals surface area contributed by atoms with Crippen molar-refractivity contribution in [1.29, 1.82) is 0 Å². The van der Waals surface area contributed by atoms with Crippen molar-refractivity contribution in [3.63, 3.8) is 0 Å². The van der Waals surface area contributed by atoms with Crippen molar-refractivity contribution in [2.75, 3.05) is 0 Å². The van der Waals surface area contributed by atoms with Crippen molar-refractivity contribution in [2.45, 2.75) is 25.6 Å². The minimum absolute atomic E-state index is 0.0160. The number of aromatic hydroxyl groups is 1. The molecule has 0 unspecified atom stereocenters. The van der Waals surface area contributed by atoms with Crippen LogP contribution in [0.25, 0.3) is 0 Å². The molecular weight excluding hydrogens is 243 g/mol. The molecule has 0 aliphatic carbocycles. The summed E-state index contributed by atoms with van der Waals surface area (Å²) in [5.74, 6) is -0.235. The highest BCUT2D eigenvalue weighted by Gasteiger charge is 2.32. The van der Waals surface area contributed by atoms with Crippen molar-refractivity contribution in [3.05, 3.63) is 28.3 Å². The second-order valence-electron chi connectivity index (χ2n) is 3.59. The molecule has 0 heterocycles. The molecule has 90 valence electrons. The van der Waals surface area contributed by atoms with E-state index in [0.29, 0.717) is 5.56 Å². The first kappa shape index (κ1) is 13.1. The predicted molar refractivity (Wildman–Crippen MR) is 55.5 cm³/mol. The van der Waals surface area contributed by atoms with Crippen LogP contribution in [0.1, 0.15) is 23.6 Å². The van der Waals surface area contributed by atoms with Gasteiger partial charge in [0.25, 0.3) is 0 Å². The lowest BCUT2D eigenvalue weighted by molar-refractivity contribution is -0.138. The number of benzene rings is 1. The fourth-order valence-electron chi connectivity index (χ4n) is 1.40. The molecule has 3 N–H and O–H groups in total. The maximum absolute atomic E-state index is 12.1. The summed E-state index contributed by atoms with van der Waals surface area (Å²) < 4.78 is 36.4. The molecule has 0 aliphatic rings. The molecule has 0 amide bonds. The number of hydrogen-bond donors (Lipinski definition) is 2. The lowest BCUT2D eigenvalue weighted by atomic mass is 10.0. The van der Waals surface area contributed by atoms with Gasteiger partial charge in [-0.25, -0.2) is 0 Å². The van der Waals surface area contributed by atoms with E-state index in [1.54, 1.807) is 6.92 Å². The number of nitrogens with two attached hydrogens (primary N) is 1. The van der Waals surface area contributed by atoms with Gasteiger partial charge in [-0.15, -0.1) is 0 Å². The van der Waals surface area contributed by atoms with E-state index in [1.165, 1.54) is 12.1 Å². The monoisotopic (exact) mass is 253 g/mol. The Morgan fingerprint density at radius 3 is 2.50 bits per heavy atom. The Balaban J connectivity index is 3.04. The maximum Gasteiger partial charge on any atom is 0.390 e. The van der Waals surface area contributed by atoms with Crippen LogP contribution in [-0.4, -0.2) is 11.3 Å². The normalized spacial score (nSPS) is 13.9. The zero-order valence-corrected chi connectivity index (χ0v) is 9.23. The highest BCUT2D eigenvalue weighted by atomic mass is 35.5. The number of rotatable bonds is 2. The highest BCUT2D eigenvalue weighted by Crippen LogP contribution is 2.35. The number of phenols is 1. The molecule has 0 spiro atoms. The minimum atomic E-state index is -4.37. The van der Waals surface area contributed by atoms with Gasteiger partial charge in [0.2, 0.25) is 0 Å². The topological polar surface area (TPSA) is 46.2 Å². The smallest absolute Gasteiger partial charge is 0.390 e. The van der Waals surface area contributed by atoms with Gasteiger partial charge >= 0.3 is 6.18 Å². The molecule has 1 rings (SSSR count). The molecule has 0 aromatic heterocycles. The first-order valence-corrected chi connectivity index (χ1v) is 4.90. The molecule has 0 saturated carbocycles. The fourth-order valence-corrected chi connectivity index (χ4v) is 1.68. The first-order valence-electron chi connectivity index (χ1n) is 4.52. The average Bonchev–Trinajstić information content (AvgIpc) is 2.08. The Hall–Kier alpha value is -0.940. The van der Waals surface area contributed by atoms with Gasteiger partial charge in [0.1, 0.15) is 5.75 Å². The van der Waals surface area contributed by atoms with Gasteiger partial charge in [-0.2, -0.15) is 13.2 Å². The molecule has 2 nitrogen and oxygen atoms in total. The van der Waals surface area contributed by atoms with Crippen molar-refractivity contribution in [3.8, 4) is 5.75 Å². The summed E-state index contributed by atoms with van der Waals surface area (Å²) in [5, 5.41) is 9.84. The Bertz CT molecular complexity index is 392. The highest BCUT2D eigenvalue weighted by molar-refractivity contribution is 6.30. The van der Waals surface area contributed by atoms with Crippen LogP contribution < -0.4 is 5.73 Å². The SMILES string of the molecule is Cc1cc(Cl)cc([C@H](N)CC(F)(F)F)c1O. The van der Waals surface area contributed by atoms with Gasteiger partial charge in [-0.05, 0) is 24.6 Å². The maximum atomic E-state index is 12.1. The van der Waals surface area contributed by atoms with Gasteiger partial charge in [0.15, 0.2) is 0 Å². The summed E-state index contributed by atoms with van der Waals surface area (Å²) in [6.07, 6.45) is -5.57. The second-order valence-corrected chi connectivity index (χ2v) is 4.02. The van der Waals surface area contributed by atoms with E-state index < -0.39 is 18.6 Å². The van der Waals surface area contributed by atoms with E-state index >= 15 is 0 Å². The van der Waals surface area contributed by atoms with Crippen molar-refractivity contribution < 1.29 is 18.3 Å². The summed E-state index contributed by atoms with van der Waals surface area (Å²) >= 11 is 5.69. The molecule has 0 radical (unpaired) electrons. The number of aryl methyl sites for hydroxylation is 1. The van der Waals surface area contributed by atoms with Crippen LogP contribution in [0.3, 0.4) is 0 Å². The molecule has 0 aliphatic heterocycles. The lowest BCUT2D eigenvalue weighted by Crippen LogP contribution is -2.20. The molecule has 0 fully saturated rings. The van der Waals surface area contributed by atoms with Gasteiger partial charge in [0.05, 0.1) is 6.42 Å². The van der Waals surface area contributed by atoms with Crippen LogP contribution in [0.4, 0.5) is 13.2 Å². The first-order chi connectivity index (χ1) is 7.20. The van der Waals surface area contributed by atoms with Gasteiger partial charge < -0.3 is 10.8 Å². The third-order valence-corrected chi connectivity index (χ3v) is 2.36. The van der Waals surface area contributed by atoms with E-state index in [0.717, 1.165) is 0 Å². The van der Waals surface area contributed by atoms with Gasteiger partial charge in [-0.1, -0.05) is 11.6 Å². The number of halogens is 4. The van der Waals surface area contributed by atoms with Crippen LogP contribution in [0, 0.1) is 6.92 Å². The number of hydrogen-bond acceptors (Lipinski definition) is 2.